The Morgan fingerprint density at radius 1 is 1.38 bits per heavy atom. The van der Waals surface area contributed by atoms with Crippen molar-refractivity contribution in [3.63, 3.8) is 0 Å². The number of amides is 2. The number of hydrogen-bond donors (Lipinski definition) is 2. The van der Waals surface area contributed by atoms with Gasteiger partial charge in [0, 0.05) is 29.9 Å². The van der Waals surface area contributed by atoms with Crippen molar-refractivity contribution in [1.82, 2.24) is 15.4 Å². The number of nitrogen functional groups attached to an aromatic ring is 1. The Hall–Kier alpha value is -2.83. The van der Waals surface area contributed by atoms with Crippen molar-refractivity contribution in [2.75, 3.05) is 12.3 Å². The summed E-state index contributed by atoms with van der Waals surface area (Å²) in [6, 6.07) is 8.15. The van der Waals surface area contributed by atoms with E-state index in [1.165, 1.54) is 0 Å². The van der Waals surface area contributed by atoms with Gasteiger partial charge in [0.25, 0.3) is 5.91 Å². The third kappa shape index (κ3) is 3.71. The molecule has 2 heterocycles. The Morgan fingerprint density at radius 2 is 2.08 bits per heavy atom. The van der Waals surface area contributed by atoms with Gasteiger partial charge in [0.05, 0.1) is 0 Å². The summed E-state index contributed by atoms with van der Waals surface area (Å²) in [7, 11) is 0. The third-order valence-corrected chi connectivity index (χ3v) is 4.42. The van der Waals surface area contributed by atoms with Gasteiger partial charge in [-0.2, -0.15) is 0 Å². The quantitative estimate of drug-likeness (QED) is 0.819. The maximum Gasteiger partial charge on any atom is 0.276 e. The maximum atomic E-state index is 13.0. The van der Waals surface area contributed by atoms with E-state index in [1.807, 2.05) is 32.9 Å². The standard InChI is InChI=1S/C19H24N4O3/c1-11(2)8-16-18(24)21-12(3)10-23(16)19(25)15-9-17(26-22-15)13-4-6-14(20)7-5-13/h4-7,9,11-12,16H,8,10,20H2,1-3H3,(H,21,24). The van der Waals surface area contributed by atoms with E-state index in [-0.39, 0.29) is 29.5 Å². The SMILES string of the molecule is CC(C)CC1C(=O)NC(C)CN1C(=O)c1cc(-c2ccc(N)cc2)on1. The molecule has 2 amide bonds. The molecule has 1 aliphatic heterocycles. The summed E-state index contributed by atoms with van der Waals surface area (Å²) in [5.41, 5.74) is 7.33. The molecule has 7 heteroatoms. The van der Waals surface area contributed by atoms with Gasteiger partial charge < -0.3 is 20.5 Å². The van der Waals surface area contributed by atoms with Crippen LogP contribution in [0, 0.1) is 5.92 Å². The summed E-state index contributed by atoms with van der Waals surface area (Å²) >= 11 is 0. The van der Waals surface area contributed by atoms with Crippen LogP contribution in [0.1, 0.15) is 37.7 Å². The highest BCUT2D eigenvalue weighted by atomic mass is 16.5. The number of hydrogen-bond acceptors (Lipinski definition) is 5. The molecule has 0 radical (unpaired) electrons. The molecule has 1 aliphatic rings. The fourth-order valence-electron chi connectivity index (χ4n) is 3.16. The van der Waals surface area contributed by atoms with Crippen molar-refractivity contribution in [2.45, 2.75) is 39.3 Å². The topological polar surface area (TPSA) is 101 Å². The van der Waals surface area contributed by atoms with Crippen molar-refractivity contribution >= 4 is 17.5 Å². The minimum absolute atomic E-state index is 0.0988. The Morgan fingerprint density at radius 3 is 2.73 bits per heavy atom. The van der Waals surface area contributed by atoms with Gasteiger partial charge in [-0.1, -0.05) is 19.0 Å². The monoisotopic (exact) mass is 356 g/mol. The van der Waals surface area contributed by atoms with Gasteiger partial charge in [-0.3, -0.25) is 9.59 Å². The van der Waals surface area contributed by atoms with E-state index in [9.17, 15) is 9.59 Å². The van der Waals surface area contributed by atoms with Crippen molar-refractivity contribution in [2.24, 2.45) is 5.92 Å². The lowest BCUT2D eigenvalue weighted by molar-refractivity contribution is -0.129. The van der Waals surface area contributed by atoms with Crippen molar-refractivity contribution in [3.8, 4) is 11.3 Å². The van der Waals surface area contributed by atoms with E-state index in [2.05, 4.69) is 10.5 Å². The molecule has 2 atom stereocenters. The Kier molecular flexibility index (Phi) is 4.97. The second-order valence-electron chi connectivity index (χ2n) is 7.21. The van der Waals surface area contributed by atoms with E-state index < -0.39 is 6.04 Å². The summed E-state index contributed by atoms with van der Waals surface area (Å²) < 4.78 is 5.33. The highest BCUT2D eigenvalue weighted by molar-refractivity contribution is 5.97. The Bertz CT molecular complexity index is 797. The molecule has 1 aromatic heterocycles. The van der Waals surface area contributed by atoms with E-state index >= 15 is 0 Å². The lowest BCUT2D eigenvalue weighted by Gasteiger charge is -2.38. The van der Waals surface area contributed by atoms with Gasteiger partial charge in [-0.05, 0) is 43.5 Å². The average Bonchev–Trinajstić information content (AvgIpc) is 3.07. The van der Waals surface area contributed by atoms with Crippen LogP contribution >= 0.6 is 0 Å². The molecule has 138 valence electrons. The predicted molar refractivity (Wildman–Crippen MR) is 98.2 cm³/mol. The number of carbonyl (C=O) groups is 2. The van der Waals surface area contributed by atoms with Gasteiger partial charge in [0.1, 0.15) is 6.04 Å². The zero-order valence-corrected chi connectivity index (χ0v) is 15.2. The van der Waals surface area contributed by atoms with Crippen LogP contribution in [-0.4, -0.2) is 40.5 Å². The van der Waals surface area contributed by atoms with Crippen LogP contribution in [0.3, 0.4) is 0 Å². The fraction of sp³-hybridized carbons (Fsp3) is 0.421. The molecule has 0 saturated carbocycles. The molecule has 26 heavy (non-hydrogen) atoms. The van der Waals surface area contributed by atoms with Gasteiger partial charge in [0.15, 0.2) is 11.5 Å². The fourth-order valence-corrected chi connectivity index (χ4v) is 3.16. The molecule has 0 aliphatic carbocycles. The van der Waals surface area contributed by atoms with Crippen LogP contribution in [-0.2, 0) is 4.79 Å². The van der Waals surface area contributed by atoms with Crippen molar-refractivity contribution in [3.05, 3.63) is 36.0 Å². The molecular formula is C19H24N4O3. The van der Waals surface area contributed by atoms with Crippen molar-refractivity contribution in [1.29, 1.82) is 0 Å². The Labute approximate surface area is 152 Å². The lowest BCUT2D eigenvalue weighted by atomic mass is 9.98. The zero-order valence-electron chi connectivity index (χ0n) is 15.2. The minimum atomic E-state index is -0.490. The molecule has 3 rings (SSSR count). The summed E-state index contributed by atoms with van der Waals surface area (Å²) in [6.45, 7) is 6.39. The third-order valence-electron chi connectivity index (χ3n) is 4.42. The van der Waals surface area contributed by atoms with Crippen LogP contribution in [0.5, 0.6) is 0 Å². The van der Waals surface area contributed by atoms with Gasteiger partial charge >= 0.3 is 0 Å². The molecule has 2 aromatic rings. The van der Waals surface area contributed by atoms with Gasteiger partial charge in [0.2, 0.25) is 5.91 Å². The number of piperazine rings is 1. The average molecular weight is 356 g/mol. The Balaban J connectivity index is 1.84. The van der Waals surface area contributed by atoms with Crippen molar-refractivity contribution < 1.29 is 14.1 Å². The summed E-state index contributed by atoms with van der Waals surface area (Å²) in [5.74, 6) is 0.372. The molecule has 1 fully saturated rings. The predicted octanol–water partition coefficient (Wildman–Crippen LogP) is 2.30. The number of nitrogens with one attached hydrogen (secondary N) is 1. The van der Waals surface area contributed by atoms with Crippen LogP contribution < -0.4 is 11.1 Å². The van der Waals surface area contributed by atoms with Gasteiger partial charge in [-0.15, -0.1) is 0 Å². The van der Waals surface area contributed by atoms with Crippen LogP contribution in [0.15, 0.2) is 34.9 Å². The lowest BCUT2D eigenvalue weighted by Crippen LogP contribution is -2.61. The summed E-state index contributed by atoms with van der Waals surface area (Å²) in [4.78, 5) is 27.0. The largest absolute Gasteiger partial charge is 0.399 e. The highest BCUT2D eigenvalue weighted by Gasteiger charge is 2.37. The number of aromatic nitrogens is 1. The number of anilines is 1. The maximum absolute atomic E-state index is 13.0. The van der Waals surface area contributed by atoms with E-state index in [0.717, 1.165) is 5.56 Å². The van der Waals surface area contributed by atoms with E-state index in [0.29, 0.717) is 24.4 Å². The number of rotatable bonds is 4. The smallest absolute Gasteiger partial charge is 0.276 e. The van der Waals surface area contributed by atoms with Crippen LogP contribution in [0.4, 0.5) is 5.69 Å². The van der Waals surface area contributed by atoms with E-state index in [1.54, 1.807) is 23.1 Å². The van der Waals surface area contributed by atoms with E-state index in [4.69, 9.17) is 10.3 Å². The first-order chi connectivity index (χ1) is 12.3. The molecule has 1 aromatic carbocycles. The number of benzene rings is 1. The summed E-state index contributed by atoms with van der Waals surface area (Å²) in [5, 5.41) is 6.84. The number of nitrogens with two attached hydrogens (primary N) is 1. The molecule has 0 bridgehead atoms. The van der Waals surface area contributed by atoms with Crippen LogP contribution in [0.25, 0.3) is 11.3 Å². The van der Waals surface area contributed by atoms with Crippen LogP contribution in [0.2, 0.25) is 0 Å². The second-order valence-corrected chi connectivity index (χ2v) is 7.21. The number of carbonyl (C=O) groups excluding carboxylic acids is 2. The molecular weight excluding hydrogens is 332 g/mol. The second kappa shape index (κ2) is 7.19. The molecule has 3 N–H and O–H groups in total. The molecule has 0 spiro atoms. The molecule has 1 saturated heterocycles. The highest BCUT2D eigenvalue weighted by Crippen LogP contribution is 2.24. The summed E-state index contributed by atoms with van der Waals surface area (Å²) in [6.07, 6.45) is 0.604. The van der Waals surface area contributed by atoms with Gasteiger partial charge in [-0.25, -0.2) is 0 Å². The minimum Gasteiger partial charge on any atom is -0.399 e. The normalized spacial score (nSPS) is 20.3. The first-order valence-corrected chi connectivity index (χ1v) is 8.79. The molecule has 2 unspecified atom stereocenters. The zero-order chi connectivity index (χ0) is 18.8. The number of nitrogens with zero attached hydrogens (tertiary/aromatic N) is 2. The molecule has 7 nitrogen and oxygen atoms in total. The first kappa shape index (κ1) is 18.0. The first-order valence-electron chi connectivity index (χ1n) is 8.79.